The van der Waals surface area contributed by atoms with Gasteiger partial charge in [0.15, 0.2) is 0 Å². The molecule has 5 heteroatoms. The van der Waals surface area contributed by atoms with Gasteiger partial charge in [-0.05, 0) is 18.6 Å². The first-order valence-corrected chi connectivity index (χ1v) is 7.72. The normalized spacial score (nSPS) is 13.5. The van der Waals surface area contributed by atoms with E-state index in [0.717, 1.165) is 16.8 Å². The van der Waals surface area contributed by atoms with Crippen LogP contribution in [0.25, 0.3) is 0 Å². The van der Waals surface area contributed by atoms with Gasteiger partial charge in [-0.2, -0.15) is 0 Å². The highest BCUT2D eigenvalue weighted by Crippen LogP contribution is 2.27. The van der Waals surface area contributed by atoms with Crippen LogP contribution >= 0.6 is 11.3 Å². The van der Waals surface area contributed by atoms with E-state index in [1.165, 1.54) is 17.4 Å². The Kier molecular flexibility index (Phi) is 4.44. The minimum absolute atomic E-state index is 0.0173. The fourth-order valence-corrected chi connectivity index (χ4v) is 3.09. The summed E-state index contributed by atoms with van der Waals surface area (Å²) in [6.45, 7) is 7.88. The van der Waals surface area contributed by atoms with E-state index in [0.29, 0.717) is 17.5 Å². The minimum atomic E-state index is -0.599. The number of benzene rings is 1. The number of nitrogens with zero attached hydrogens (tertiary/aromatic N) is 1. The number of aromatic nitrogens is 1. The standard InChI is InChI=1S/C16H20F2N2S/c1-9-5-10(12(18)6-11(9)17)13(19)7-15-20-14(8-21-15)16(2,3)4/h5-6,8,13H,7,19H2,1-4H3. The van der Waals surface area contributed by atoms with Crippen molar-refractivity contribution in [1.29, 1.82) is 0 Å². The first-order valence-electron chi connectivity index (χ1n) is 6.84. The van der Waals surface area contributed by atoms with Crippen LogP contribution in [0.1, 0.15) is 48.6 Å². The van der Waals surface area contributed by atoms with Gasteiger partial charge in [-0.3, -0.25) is 0 Å². The zero-order valence-electron chi connectivity index (χ0n) is 12.7. The van der Waals surface area contributed by atoms with Crippen LogP contribution in [-0.2, 0) is 11.8 Å². The van der Waals surface area contributed by atoms with Gasteiger partial charge < -0.3 is 5.73 Å². The Balaban J connectivity index is 2.20. The van der Waals surface area contributed by atoms with Crippen LogP contribution < -0.4 is 5.73 Å². The number of nitrogens with two attached hydrogens (primary N) is 1. The molecule has 0 radical (unpaired) electrons. The molecule has 0 aliphatic rings. The van der Waals surface area contributed by atoms with Crippen molar-refractivity contribution in [3.63, 3.8) is 0 Å². The van der Waals surface area contributed by atoms with E-state index in [4.69, 9.17) is 5.73 Å². The maximum atomic E-state index is 13.8. The Morgan fingerprint density at radius 2 is 1.90 bits per heavy atom. The number of rotatable bonds is 3. The predicted molar refractivity (Wildman–Crippen MR) is 82.5 cm³/mol. The fraction of sp³-hybridized carbons (Fsp3) is 0.438. The summed E-state index contributed by atoms with van der Waals surface area (Å²) in [6.07, 6.45) is 0.447. The molecule has 0 amide bonds. The van der Waals surface area contributed by atoms with Crippen molar-refractivity contribution in [2.75, 3.05) is 0 Å². The van der Waals surface area contributed by atoms with Crippen molar-refractivity contribution in [2.45, 2.75) is 45.6 Å². The van der Waals surface area contributed by atoms with Crippen LogP contribution in [0.15, 0.2) is 17.5 Å². The molecule has 0 bridgehead atoms. The van der Waals surface area contributed by atoms with Gasteiger partial charge in [-0.25, -0.2) is 13.8 Å². The van der Waals surface area contributed by atoms with Crippen molar-refractivity contribution in [3.8, 4) is 0 Å². The van der Waals surface area contributed by atoms with Crippen LogP contribution in [0.2, 0.25) is 0 Å². The van der Waals surface area contributed by atoms with E-state index < -0.39 is 17.7 Å². The first kappa shape index (κ1) is 16.0. The van der Waals surface area contributed by atoms with Crippen molar-refractivity contribution < 1.29 is 8.78 Å². The van der Waals surface area contributed by atoms with Crippen molar-refractivity contribution >= 4 is 11.3 Å². The molecule has 1 aromatic carbocycles. The SMILES string of the molecule is Cc1cc(C(N)Cc2nc(C(C)(C)C)cs2)c(F)cc1F. The van der Waals surface area contributed by atoms with Gasteiger partial charge in [0.2, 0.25) is 0 Å². The van der Waals surface area contributed by atoms with Gasteiger partial charge in [0.25, 0.3) is 0 Å². The van der Waals surface area contributed by atoms with Gasteiger partial charge in [-0.15, -0.1) is 11.3 Å². The number of aryl methyl sites for hydroxylation is 1. The molecule has 21 heavy (non-hydrogen) atoms. The van der Waals surface area contributed by atoms with E-state index >= 15 is 0 Å². The molecule has 1 unspecified atom stereocenters. The third kappa shape index (κ3) is 3.66. The Hall–Kier alpha value is -1.33. The fourth-order valence-electron chi connectivity index (χ4n) is 2.01. The molecule has 0 saturated heterocycles. The lowest BCUT2D eigenvalue weighted by Crippen LogP contribution is -2.16. The summed E-state index contributed by atoms with van der Waals surface area (Å²) >= 11 is 1.52. The molecule has 1 heterocycles. The summed E-state index contributed by atoms with van der Waals surface area (Å²) in [6, 6.07) is 1.85. The maximum Gasteiger partial charge on any atom is 0.130 e. The first-order chi connectivity index (χ1) is 9.68. The number of halogens is 2. The molecular weight excluding hydrogens is 290 g/mol. The molecule has 2 rings (SSSR count). The summed E-state index contributed by atoms with van der Waals surface area (Å²) in [7, 11) is 0. The highest BCUT2D eigenvalue weighted by molar-refractivity contribution is 7.09. The Morgan fingerprint density at radius 1 is 1.24 bits per heavy atom. The quantitative estimate of drug-likeness (QED) is 0.919. The average molecular weight is 310 g/mol. The van der Waals surface area contributed by atoms with Gasteiger partial charge in [0.1, 0.15) is 11.6 Å². The molecule has 0 aliphatic heterocycles. The number of thiazole rings is 1. The molecule has 1 atom stereocenters. The molecular formula is C16H20F2N2S. The van der Waals surface area contributed by atoms with Gasteiger partial charge in [0.05, 0.1) is 10.7 Å². The summed E-state index contributed by atoms with van der Waals surface area (Å²) in [5.41, 5.74) is 7.79. The van der Waals surface area contributed by atoms with Crippen LogP contribution in [0.3, 0.4) is 0 Å². The van der Waals surface area contributed by atoms with E-state index in [-0.39, 0.29) is 5.41 Å². The van der Waals surface area contributed by atoms with Crippen LogP contribution in [0, 0.1) is 18.6 Å². The number of hydrogen-bond acceptors (Lipinski definition) is 3. The lowest BCUT2D eigenvalue weighted by atomic mass is 9.93. The molecule has 0 saturated carbocycles. The zero-order chi connectivity index (χ0) is 15.8. The monoisotopic (exact) mass is 310 g/mol. The van der Waals surface area contributed by atoms with Gasteiger partial charge in [0, 0.05) is 34.9 Å². The predicted octanol–water partition coefficient (Wildman–Crippen LogP) is 4.27. The lowest BCUT2D eigenvalue weighted by Gasteiger charge is -2.15. The molecule has 0 fully saturated rings. The van der Waals surface area contributed by atoms with Crippen molar-refractivity contribution in [2.24, 2.45) is 5.73 Å². The summed E-state index contributed by atoms with van der Waals surface area (Å²) in [5.74, 6) is -1.15. The Labute approximate surface area is 128 Å². The topological polar surface area (TPSA) is 38.9 Å². The third-order valence-corrected chi connectivity index (χ3v) is 4.26. The van der Waals surface area contributed by atoms with Crippen LogP contribution in [-0.4, -0.2) is 4.98 Å². The molecule has 2 nitrogen and oxygen atoms in total. The molecule has 114 valence electrons. The Morgan fingerprint density at radius 3 is 2.48 bits per heavy atom. The Bertz CT molecular complexity index is 644. The van der Waals surface area contributed by atoms with E-state index in [1.807, 2.05) is 5.38 Å². The van der Waals surface area contributed by atoms with E-state index in [1.54, 1.807) is 6.92 Å². The summed E-state index contributed by atoms with van der Waals surface area (Å²) in [5, 5.41) is 2.88. The van der Waals surface area contributed by atoms with Gasteiger partial charge in [-0.1, -0.05) is 20.8 Å². The molecule has 0 aliphatic carbocycles. The maximum absolute atomic E-state index is 13.8. The smallest absolute Gasteiger partial charge is 0.130 e. The second-order valence-electron chi connectivity index (χ2n) is 6.31. The summed E-state index contributed by atoms with van der Waals surface area (Å²) < 4.78 is 27.1. The second kappa shape index (κ2) is 5.81. The van der Waals surface area contributed by atoms with E-state index in [2.05, 4.69) is 25.8 Å². The second-order valence-corrected chi connectivity index (χ2v) is 7.25. The van der Waals surface area contributed by atoms with Crippen molar-refractivity contribution in [1.82, 2.24) is 4.98 Å². The van der Waals surface area contributed by atoms with Crippen LogP contribution in [0.4, 0.5) is 8.78 Å². The zero-order valence-corrected chi connectivity index (χ0v) is 13.5. The number of hydrogen-bond donors (Lipinski definition) is 1. The van der Waals surface area contributed by atoms with E-state index in [9.17, 15) is 8.78 Å². The average Bonchev–Trinajstić information content (AvgIpc) is 2.82. The van der Waals surface area contributed by atoms with Crippen LogP contribution in [0.5, 0.6) is 0 Å². The summed E-state index contributed by atoms with van der Waals surface area (Å²) in [4.78, 5) is 4.56. The highest BCUT2D eigenvalue weighted by Gasteiger charge is 2.20. The molecule has 0 spiro atoms. The largest absolute Gasteiger partial charge is 0.324 e. The van der Waals surface area contributed by atoms with Gasteiger partial charge >= 0.3 is 0 Å². The third-order valence-electron chi connectivity index (χ3n) is 3.39. The molecule has 2 aromatic rings. The molecule has 2 N–H and O–H groups in total. The highest BCUT2D eigenvalue weighted by atomic mass is 32.1. The van der Waals surface area contributed by atoms with Crippen molar-refractivity contribution in [3.05, 3.63) is 51.0 Å². The molecule has 1 aromatic heterocycles. The lowest BCUT2D eigenvalue weighted by molar-refractivity contribution is 0.546. The minimum Gasteiger partial charge on any atom is -0.324 e.